The quantitative estimate of drug-likeness (QED) is 0.930. The Labute approximate surface area is 136 Å². The number of amides is 1. The first-order chi connectivity index (χ1) is 11.1. The number of hydrogen-bond acceptors (Lipinski definition) is 3. The van der Waals surface area contributed by atoms with Gasteiger partial charge in [-0.3, -0.25) is 4.79 Å². The van der Waals surface area contributed by atoms with Gasteiger partial charge < -0.3 is 14.7 Å². The molecule has 0 radical (unpaired) electrons. The summed E-state index contributed by atoms with van der Waals surface area (Å²) in [5, 5.41) is 9.44. The number of ether oxygens (including phenoxy) is 1. The van der Waals surface area contributed by atoms with Crippen LogP contribution >= 0.6 is 0 Å². The van der Waals surface area contributed by atoms with Crippen LogP contribution in [0.15, 0.2) is 24.3 Å². The average Bonchev–Trinajstić information content (AvgIpc) is 3.09. The second kappa shape index (κ2) is 6.71. The fraction of sp³-hybridized carbons (Fsp3) is 0.556. The maximum absolute atomic E-state index is 12.8. The van der Waals surface area contributed by atoms with Crippen LogP contribution < -0.4 is 0 Å². The Hall–Kier alpha value is -1.88. The Morgan fingerprint density at radius 1 is 1.30 bits per heavy atom. The van der Waals surface area contributed by atoms with Crippen LogP contribution in [-0.4, -0.2) is 47.7 Å². The van der Waals surface area contributed by atoms with Gasteiger partial charge in [0.1, 0.15) is 6.04 Å². The van der Waals surface area contributed by atoms with Gasteiger partial charge in [-0.1, -0.05) is 19.1 Å². The van der Waals surface area contributed by atoms with Crippen molar-refractivity contribution in [1.82, 2.24) is 4.90 Å². The summed E-state index contributed by atoms with van der Waals surface area (Å²) in [6, 6.07) is 6.86. The molecule has 0 aromatic heterocycles. The molecular formula is C18H23NO4. The molecule has 0 spiro atoms. The molecule has 124 valence electrons. The van der Waals surface area contributed by atoms with Gasteiger partial charge in [-0.05, 0) is 42.9 Å². The van der Waals surface area contributed by atoms with Crippen LogP contribution in [-0.2, 0) is 9.53 Å². The van der Waals surface area contributed by atoms with Gasteiger partial charge in [-0.25, -0.2) is 4.79 Å². The summed E-state index contributed by atoms with van der Waals surface area (Å²) in [4.78, 5) is 25.9. The van der Waals surface area contributed by atoms with Gasteiger partial charge >= 0.3 is 5.97 Å². The van der Waals surface area contributed by atoms with E-state index in [0.29, 0.717) is 37.0 Å². The summed E-state index contributed by atoms with van der Waals surface area (Å²) in [6.45, 7) is 4.00. The lowest BCUT2D eigenvalue weighted by Gasteiger charge is -2.36. The molecule has 2 aliphatic heterocycles. The van der Waals surface area contributed by atoms with E-state index in [1.807, 2.05) is 25.1 Å². The Balaban J connectivity index is 1.81. The Kier molecular flexibility index (Phi) is 4.66. The van der Waals surface area contributed by atoms with Gasteiger partial charge in [0.05, 0.1) is 6.61 Å². The van der Waals surface area contributed by atoms with Crippen LogP contribution in [0.3, 0.4) is 0 Å². The first kappa shape index (κ1) is 16.0. The van der Waals surface area contributed by atoms with Crippen molar-refractivity contribution in [2.75, 3.05) is 19.8 Å². The van der Waals surface area contributed by atoms with Crippen LogP contribution in [0.5, 0.6) is 0 Å². The van der Waals surface area contributed by atoms with Gasteiger partial charge in [0.25, 0.3) is 5.91 Å². The van der Waals surface area contributed by atoms with E-state index in [2.05, 4.69) is 0 Å². The SMILES string of the molecule is CC1CCN(C(=O)c2cccc(C3CCOC3)c2)C(C(=O)O)C1. The number of rotatable bonds is 3. The molecule has 3 atom stereocenters. The fourth-order valence-corrected chi connectivity index (χ4v) is 3.51. The topological polar surface area (TPSA) is 66.8 Å². The summed E-state index contributed by atoms with van der Waals surface area (Å²) < 4.78 is 5.42. The molecule has 0 aliphatic carbocycles. The molecule has 0 saturated carbocycles. The van der Waals surface area contributed by atoms with Crippen molar-refractivity contribution in [2.24, 2.45) is 5.92 Å². The van der Waals surface area contributed by atoms with Gasteiger partial charge in [0.2, 0.25) is 0 Å². The molecule has 1 amide bonds. The molecule has 5 heteroatoms. The summed E-state index contributed by atoms with van der Waals surface area (Å²) in [7, 11) is 0. The normalized spacial score (nSPS) is 27.9. The molecule has 0 bridgehead atoms. The van der Waals surface area contributed by atoms with E-state index in [0.717, 1.165) is 25.0 Å². The van der Waals surface area contributed by atoms with E-state index in [1.165, 1.54) is 4.90 Å². The Morgan fingerprint density at radius 3 is 2.83 bits per heavy atom. The molecule has 3 unspecified atom stereocenters. The summed E-state index contributed by atoms with van der Waals surface area (Å²) >= 11 is 0. The second-order valence-electron chi connectivity index (χ2n) is 6.67. The van der Waals surface area contributed by atoms with Gasteiger partial charge in [0, 0.05) is 24.6 Å². The largest absolute Gasteiger partial charge is 0.480 e. The van der Waals surface area contributed by atoms with Crippen LogP contribution in [0.25, 0.3) is 0 Å². The fourth-order valence-electron chi connectivity index (χ4n) is 3.51. The van der Waals surface area contributed by atoms with E-state index in [4.69, 9.17) is 4.74 Å². The zero-order chi connectivity index (χ0) is 16.4. The Bertz CT molecular complexity index is 594. The third kappa shape index (κ3) is 3.39. The first-order valence-electron chi connectivity index (χ1n) is 8.27. The van der Waals surface area contributed by atoms with Crippen molar-refractivity contribution in [3.8, 4) is 0 Å². The number of carbonyl (C=O) groups is 2. The minimum absolute atomic E-state index is 0.176. The predicted octanol–water partition coefficient (Wildman–Crippen LogP) is 2.52. The summed E-state index contributed by atoms with van der Waals surface area (Å²) in [5.41, 5.74) is 1.68. The lowest BCUT2D eigenvalue weighted by Crippen LogP contribution is -2.49. The zero-order valence-electron chi connectivity index (χ0n) is 13.4. The minimum atomic E-state index is -0.912. The Morgan fingerprint density at radius 2 is 2.13 bits per heavy atom. The summed E-state index contributed by atoms with van der Waals surface area (Å²) in [5.74, 6) is -0.420. The molecule has 2 fully saturated rings. The second-order valence-corrected chi connectivity index (χ2v) is 6.67. The third-order valence-electron chi connectivity index (χ3n) is 4.95. The molecule has 5 nitrogen and oxygen atoms in total. The molecule has 1 aromatic carbocycles. The number of carbonyl (C=O) groups excluding carboxylic acids is 1. The molecule has 3 rings (SSSR count). The highest BCUT2D eigenvalue weighted by Crippen LogP contribution is 2.28. The molecule has 23 heavy (non-hydrogen) atoms. The van der Waals surface area contributed by atoms with Crippen molar-refractivity contribution in [3.05, 3.63) is 35.4 Å². The lowest BCUT2D eigenvalue weighted by atomic mass is 9.91. The van der Waals surface area contributed by atoms with E-state index in [1.54, 1.807) is 6.07 Å². The molecule has 1 aromatic rings. The van der Waals surface area contributed by atoms with Crippen LogP contribution in [0.2, 0.25) is 0 Å². The van der Waals surface area contributed by atoms with Crippen molar-refractivity contribution < 1.29 is 19.4 Å². The smallest absolute Gasteiger partial charge is 0.326 e. The van der Waals surface area contributed by atoms with E-state index in [9.17, 15) is 14.7 Å². The maximum atomic E-state index is 12.8. The number of benzene rings is 1. The molecule has 1 N–H and O–H groups in total. The lowest BCUT2D eigenvalue weighted by molar-refractivity contribution is -0.144. The van der Waals surface area contributed by atoms with Gasteiger partial charge in [-0.2, -0.15) is 0 Å². The zero-order valence-corrected chi connectivity index (χ0v) is 13.4. The first-order valence-corrected chi connectivity index (χ1v) is 8.27. The van der Waals surface area contributed by atoms with Crippen molar-refractivity contribution in [2.45, 2.75) is 38.1 Å². The number of hydrogen-bond donors (Lipinski definition) is 1. The molecule has 2 heterocycles. The molecule has 2 saturated heterocycles. The van der Waals surface area contributed by atoms with Crippen LogP contribution in [0.1, 0.15) is 48.0 Å². The van der Waals surface area contributed by atoms with Gasteiger partial charge in [-0.15, -0.1) is 0 Å². The van der Waals surface area contributed by atoms with Crippen LogP contribution in [0, 0.1) is 5.92 Å². The third-order valence-corrected chi connectivity index (χ3v) is 4.95. The number of nitrogens with zero attached hydrogens (tertiary/aromatic N) is 1. The average molecular weight is 317 g/mol. The van der Waals surface area contributed by atoms with Crippen LogP contribution in [0.4, 0.5) is 0 Å². The summed E-state index contributed by atoms with van der Waals surface area (Å²) in [6.07, 6.45) is 2.35. The number of carboxylic acids is 1. The van der Waals surface area contributed by atoms with Crippen molar-refractivity contribution in [3.63, 3.8) is 0 Å². The standard InChI is InChI=1S/C18H23NO4/c1-12-5-7-19(16(9-12)18(21)22)17(20)14-4-2-3-13(10-14)15-6-8-23-11-15/h2-4,10,12,15-16H,5-9,11H2,1H3,(H,21,22). The van der Waals surface area contributed by atoms with Gasteiger partial charge in [0.15, 0.2) is 0 Å². The van der Waals surface area contributed by atoms with E-state index >= 15 is 0 Å². The highest BCUT2D eigenvalue weighted by atomic mass is 16.5. The maximum Gasteiger partial charge on any atom is 0.326 e. The highest BCUT2D eigenvalue weighted by molar-refractivity contribution is 5.97. The van der Waals surface area contributed by atoms with E-state index < -0.39 is 12.0 Å². The van der Waals surface area contributed by atoms with Crippen molar-refractivity contribution >= 4 is 11.9 Å². The molecular weight excluding hydrogens is 294 g/mol. The number of carboxylic acid groups (broad SMARTS) is 1. The highest BCUT2D eigenvalue weighted by Gasteiger charge is 2.35. The van der Waals surface area contributed by atoms with E-state index in [-0.39, 0.29) is 5.91 Å². The minimum Gasteiger partial charge on any atom is -0.480 e. The number of likely N-dealkylation sites (tertiary alicyclic amines) is 1. The molecule has 2 aliphatic rings. The predicted molar refractivity (Wildman–Crippen MR) is 85.5 cm³/mol. The number of aliphatic carboxylic acids is 1. The number of piperidine rings is 1. The monoisotopic (exact) mass is 317 g/mol. The van der Waals surface area contributed by atoms with Crippen molar-refractivity contribution in [1.29, 1.82) is 0 Å².